The lowest BCUT2D eigenvalue weighted by Crippen LogP contribution is -2.46. The molecule has 1 aromatic rings. The van der Waals surface area contributed by atoms with Gasteiger partial charge in [-0.25, -0.2) is 0 Å². The summed E-state index contributed by atoms with van der Waals surface area (Å²) >= 11 is 0. The highest BCUT2D eigenvalue weighted by molar-refractivity contribution is 7.85. The number of benzene rings is 1. The molecule has 0 unspecified atom stereocenters. The maximum atomic E-state index is 12.9. The highest BCUT2D eigenvalue weighted by Gasteiger charge is 2.50. The first-order valence-electron chi connectivity index (χ1n) is 8.99. The molecule has 130 valence electrons. The van der Waals surface area contributed by atoms with Crippen molar-refractivity contribution in [3.8, 4) is 0 Å². The summed E-state index contributed by atoms with van der Waals surface area (Å²) in [7, 11) is -1.09. The van der Waals surface area contributed by atoms with Gasteiger partial charge in [-0.2, -0.15) is 0 Å². The van der Waals surface area contributed by atoms with Gasteiger partial charge in [0.05, 0.1) is 16.6 Å². The summed E-state index contributed by atoms with van der Waals surface area (Å²) in [5.41, 5.74) is 2.39. The van der Waals surface area contributed by atoms with E-state index in [0.29, 0.717) is 17.1 Å². The second-order valence-electron chi connectivity index (χ2n) is 8.28. The maximum absolute atomic E-state index is 12.9. The monoisotopic (exact) mass is 344 g/mol. The minimum Gasteiger partial charge on any atom is -0.298 e. The average Bonchev–Trinajstić information content (AvgIpc) is 2.56. The van der Waals surface area contributed by atoms with Crippen LogP contribution in [0.5, 0.6) is 0 Å². The fraction of sp³-hybridized carbons (Fsp3) is 0.571. The lowest BCUT2D eigenvalue weighted by molar-refractivity contribution is -0.105. The van der Waals surface area contributed by atoms with E-state index in [-0.39, 0.29) is 5.41 Å². The molecule has 0 saturated heterocycles. The van der Waals surface area contributed by atoms with Crippen molar-refractivity contribution in [3.05, 3.63) is 41.5 Å². The Morgan fingerprint density at radius 3 is 2.54 bits per heavy atom. The summed E-state index contributed by atoms with van der Waals surface area (Å²) in [6.45, 7) is 7.05. The van der Waals surface area contributed by atoms with Gasteiger partial charge in [-0.3, -0.25) is 9.00 Å². The number of rotatable bonds is 4. The van der Waals surface area contributed by atoms with Gasteiger partial charge in [0.1, 0.15) is 6.29 Å². The molecule has 3 atom stereocenters. The molecule has 0 aliphatic heterocycles. The second kappa shape index (κ2) is 6.59. The van der Waals surface area contributed by atoms with Crippen molar-refractivity contribution in [2.75, 3.05) is 5.75 Å². The molecule has 1 fully saturated rings. The lowest BCUT2D eigenvalue weighted by atomic mass is 9.50. The van der Waals surface area contributed by atoms with Crippen LogP contribution in [0.4, 0.5) is 0 Å². The van der Waals surface area contributed by atoms with Crippen LogP contribution in [0.3, 0.4) is 0 Å². The molecule has 3 heteroatoms. The minimum absolute atomic E-state index is 0.0146. The topological polar surface area (TPSA) is 34.1 Å². The van der Waals surface area contributed by atoms with Gasteiger partial charge in [0.25, 0.3) is 0 Å². The van der Waals surface area contributed by atoms with E-state index in [1.807, 2.05) is 30.3 Å². The molecule has 0 amide bonds. The second-order valence-corrected chi connectivity index (χ2v) is 9.73. The Morgan fingerprint density at radius 2 is 1.88 bits per heavy atom. The van der Waals surface area contributed by atoms with Crippen molar-refractivity contribution in [2.45, 2.75) is 57.8 Å². The fourth-order valence-electron chi connectivity index (χ4n) is 5.18. The molecule has 0 spiro atoms. The molecule has 0 bridgehead atoms. The SMILES string of the molecule is CC1(C)CCC[C@]2(C)C(C[S@@](=O)c3ccccc3)=C(C=O)CC[C@H]12. The van der Waals surface area contributed by atoms with Crippen molar-refractivity contribution < 1.29 is 9.00 Å². The summed E-state index contributed by atoms with van der Waals surface area (Å²) in [5, 5.41) is 0. The number of carbonyl (C=O) groups is 1. The van der Waals surface area contributed by atoms with E-state index in [9.17, 15) is 9.00 Å². The standard InChI is InChI=1S/C21H28O2S/c1-20(2)12-7-13-21(3)18(16(14-22)10-11-19(20)21)15-24(23)17-8-5-4-6-9-17/h4-6,8-9,14,19H,7,10-13,15H2,1-3H3/t19-,21-,24-/m1/s1. The molecule has 1 saturated carbocycles. The fourth-order valence-corrected chi connectivity index (χ4v) is 6.59. The van der Waals surface area contributed by atoms with Crippen LogP contribution in [0.1, 0.15) is 52.9 Å². The van der Waals surface area contributed by atoms with Crippen LogP contribution in [0.15, 0.2) is 46.4 Å². The Morgan fingerprint density at radius 1 is 1.17 bits per heavy atom. The minimum atomic E-state index is -1.09. The van der Waals surface area contributed by atoms with Gasteiger partial charge in [-0.05, 0) is 65.7 Å². The Balaban J connectivity index is 1.97. The molecule has 0 radical (unpaired) electrons. The van der Waals surface area contributed by atoms with Crippen LogP contribution in [-0.4, -0.2) is 16.2 Å². The van der Waals surface area contributed by atoms with E-state index in [1.165, 1.54) is 18.4 Å². The third-order valence-electron chi connectivity index (χ3n) is 6.43. The molecular formula is C21H28O2S. The molecule has 2 aliphatic rings. The largest absolute Gasteiger partial charge is 0.298 e. The van der Waals surface area contributed by atoms with Crippen molar-refractivity contribution in [1.29, 1.82) is 0 Å². The van der Waals surface area contributed by atoms with Crippen LogP contribution < -0.4 is 0 Å². The van der Waals surface area contributed by atoms with Crippen LogP contribution >= 0.6 is 0 Å². The van der Waals surface area contributed by atoms with Crippen LogP contribution in [0, 0.1) is 16.7 Å². The van der Waals surface area contributed by atoms with Crippen LogP contribution in [0.25, 0.3) is 0 Å². The summed E-state index contributed by atoms with van der Waals surface area (Å²) in [4.78, 5) is 12.6. The number of aldehydes is 1. The Kier molecular flexibility index (Phi) is 4.83. The third kappa shape index (κ3) is 3.03. The molecule has 1 aromatic carbocycles. The zero-order valence-corrected chi connectivity index (χ0v) is 15.8. The number of fused-ring (bicyclic) bond motifs is 1. The zero-order chi connectivity index (χ0) is 17.4. The average molecular weight is 345 g/mol. The highest BCUT2D eigenvalue weighted by Crippen LogP contribution is 2.59. The Hall–Kier alpha value is -1.22. The summed E-state index contributed by atoms with van der Waals surface area (Å²) in [6.07, 6.45) is 6.50. The first-order chi connectivity index (χ1) is 11.4. The Labute approximate surface area is 148 Å². The van der Waals surface area contributed by atoms with E-state index < -0.39 is 10.8 Å². The summed E-state index contributed by atoms with van der Waals surface area (Å²) in [6, 6.07) is 9.64. The molecular weight excluding hydrogens is 316 g/mol. The molecule has 3 rings (SSSR count). The van der Waals surface area contributed by atoms with Gasteiger partial charge in [0.2, 0.25) is 0 Å². The van der Waals surface area contributed by atoms with E-state index >= 15 is 0 Å². The third-order valence-corrected chi connectivity index (χ3v) is 7.78. The molecule has 2 nitrogen and oxygen atoms in total. The highest BCUT2D eigenvalue weighted by atomic mass is 32.2. The predicted octanol–water partition coefficient (Wildman–Crippen LogP) is 4.92. The molecule has 0 aromatic heterocycles. The van der Waals surface area contributed by atoms with Crippen molar-refractivity contribution in [2.24, 2.45) is 16.7 Å². The van der Waals surface area contributed by atoms with Crippen LogP contribution in [-0.2, 0) is 15.6 Å². The molecule has 24 heavy (non-hydrogen) atoms. The van der Waals surface area contributed by atoms with Gasteiger partial charge in [-0.1, -0.05) is 45.4 Å². The van der Waals surface area contributed by atoms with Crippen molar-refractivity contribution >= 4 is 17.1 Å². The first kappa shape index (κ1) is 17.6. The van der Waals surface area contributed by atoms with Crippen molar-refractivity contribution in [3.63, 3.8) is 0 Å². The molecule has 0 heterocycles. The maximum Gasteiger partial charge on any atom is 0.146 e. The molecule has 2 aliphatic carbocycles. The Bertz CT molecular complexity index is 674. The van der Waals surface area contributed by atoms with E-state index in [0.717, 1.165) is 36.0 Å². The smallest absolute Gasteiger partial charge is 0.146 e. The number of hydrogen-bond acceptors (Lipinski definition) is 2. The van der Waals surface area contributed by atoms with E-state index in [4.69, 9.17) is 0 Å². The lowest BCUT2D eigenvalue weighted by Gasteiger charge is -2.55. The van der Waals surface area contributed by atoms with Gasteiger partial charge < -0.3 is 0 Å². The van der Waals surface area contributed by atoms with Gasteiger partial charge in [-0.15, -0.1) is 0 Å². The summed E-state index contributed by atoms with van der Waals surface area (Å²) in [5.74, 6) is 1.08. The summed E-state index contributed by atoms with van der Waals surface area (Å²) < 4.78 is 12.9. The van der Waals surface area contributed by atoms with E-state index in [2.05, 4.69) is 20.8 Å². The van der Waals surface area contributed by atoms with Gasteiger partial charge >= 0.3 is 0 Å². The number of carbonyl (C=O) groups excluding carboxylic acids is 1. The number of allylic oxidation sites excluding steroid dienone is 1. The van der Waals surface area contributed by atoms with Gasteiger partial charge in [0, 0.05) is 4.90 Å². The van der Waals surface area contributed by atoms with Crippen LogP contribution in [0.2, 0.25) is 0 Å². The molecule has 0 N–H and O–H groups in total. The van der Waals surface area contributed by atoms with Gasteiger partial charge in [0.15, 0.2) is 0 Å². The van der Waals surface area contributed by atoms with Crippen molar-refractivity contribution in [1.82, 2.24) is 0 Å². The zero-order valence-electron chi connectivity index (χ0n) is 15.0. The van der Waals surface area contributed by atoms with E-state index in [1.54, 1.807) is 0 Å². The quantitative estimate of drug-likeness (QED) is 0.727. The predicted molar refractivity (Wildman–Crippen MR) is 99.3 cm³/mol. The first-order valence-corrected chi connectivity index (χ1v) is 10.3. The number of hydrogen-bond donors (Lipinski definition) is 0. The normalized spacial score (nSPS) is 30.5.